The minimum atomic E-state index is 0.169. The molecule has 0 radical (unpaired) electrons. The molecular formula is C24H30BrN5O. The number of carbonyl (C=O) groups is 1. The Labute approximate surface area is 192 Å². The van der Waals surface area contributed by atoms with E-state index in [-0.39, 0.29) is 11.8 Å². The molecule has 0 aliphatic carbocycles. The van der Waals surface area contributed by atoms with E-state index >= 15 is 0 Å². The van der Waals surface area contributed by atoms with Crippen LogP contribution in [0.3, 0.4) is 0 Å². The average Bonchev–Trinajstić information content (AvgIpc) is 3.32. The van der Waals surface area contributed by atoms with E-state index in [1.807, 2.05) is 29.4 Å². The largest absolute Gasteiger partial charge is 0.348 e. The first-order valence-electron chi connectivity index (χ1n) is 10.8. The average molecular weight is 484 g/mol. The molecule has 0 fully saturated rings. The number of nitrogens with one attached hydrogen (secondary N) is 1. The standard InChI is InChI=1S/C24H30BrN5O/c25-20-10-8-19(9-11-20)22(23-6-1-2-14-28-23)5-4-15-30(24(31)7-3-13-26)16-12-21-17-27-18-29-21/h1-2,6,8-11,14,17-18,22H,3-5,7,12-13,15-16,26H2,(H,27,29). The number of aromatic amines is 1. The number of hydrogen-bond donors (Lipinski definition) is 2. The molecular weight excluding hydrogens is 454 g/mol. The summed E-state index contributed by atoms with van der Waals surface area (Å²) >= 11 is 3.52. The molecule has 3 aromatic rings. The Morgan fingerprint density at radius 3 is 2.65 bits per heavy atom. The monoisotopic (exact) mass is 483 g/mol. The molecule has 31 heavy (non-hydrogen) atoms. The predicted octanol–water partition coefficient (Wildman–Crippen LogP) is 4.29. The van der Waals surface area contributed by atoms with E-state index in [0.717, 1.165) is 48.1 Å². The molecule has 0 aliphatic heterocycles. The van der Waals surface area contributed by atoms with Gasteiger partial charge in [-0.2, -0.15) is 0 Å². The number of benzene rings is 1. The fraction of sp³-hybridized carbons (Fsp3) is 0.375. The van der Waals surface area contributed by atoms with Crippen molar-refractivity contribution in [1.82, 2.24) is 19.9 Å². The summed E-state index contributed by atoms with van der Waals surface area (Å²) in [6.07, 6.45) is 9.13. The lowest BCUT2D eigenvalue weighted by Gasteiger charge is -2.24. The maximum Gasteiger partial charge on any atom is 0.222 e. The molecule has 1 unspecified atom stereocenters. The van der Waals surface area contributed by atoms with Gasteiger partial charge in [0.1, 0.15) is 0 Å². The van der Waals surface area contributed by atoms with E-state index in [2.05, 4.69) is 61.2 Å². The van der Waals surface area contributed by atoms with Crippen LogP contribution in [-0.4, -0.2) is 45.4 Å². The number of pyridine rings is 1. The van der Waals surface area contributed by atoms with Crippen LogP contribution in [0, 0.1) is 0 Å². The summed E-state index contributed by atoms with van der Waals surface area (Å²) in [6, 6.07) is 14.5. The highest BCUT2D eigenvalue weighted by molar-refractivity contribution is 9.10. The summed E-state index contributed by atoms with van der Waals surface area (Å²) < 4.78 is 1.06. The van der Waals surface area contributed by atoms with E-state index in [0.29, 0.717) is 19.5 Å². The summed E-state index contributed by atoms with van der Waals surface area (Å²) in [7, 11) is 0. The van der Waals surface area contributed by atoms with Crippen LogP contribution in [0.15, 0.2) is 65.7 Å². The third kappa shape index (κ3) is 7.29. The van der Waals surface area contributed by atoms with E-state index < -0.39 is 0 Å². The normalized spacial score (nSPS) is 11.9. The molecule has 0 saturated heterocycles. The number of carbonyl (C=O) groups excluding carboxylic acids is 1. The van der Waals surface area contributed by atoms with E-state index in [4.69, 9.17) is 5.73 Å². The quantitative estimate of drug-likeness (QED) is 0.402. The minimum absolute atomic E-state index is 0.169. The van der Waals surface area contributed by atoms with Crippen molar-refractivity contribution in [3.63, 3.8) is 0 Å². The van der Waals surface area contributed by atoms with Crippen LogP contribution in [0.4, 0.5) is 0 Å². The van der Waals surface area contributed by atoms with Crippen molar-refractivity contribution in [3.8, 4) is 0 Å². The number of hydrogen-bond acceptors (Lipinski definition) is 4. The third-order valence-corrected chi connectivity index (χ3v) is 5.92. The van der Waals surface area contributed by atoms with Crippen LogP contribution in [-0.2, 0) is 11.2 Å². The number of halogens is 1. The topological polar surface area (TPSA) is 87.9 Å². The van der Waals surface area contributed by atoms with Crippen molar-refractivity contribution in [2.45, 2.75) is 38.0 Å². The fourth-order valence-electron chi connectivity index (χ4n) is 3.70. The zero-order chi connectivity index (χ0) is 21.9. The minimum Gasteiger partial charge on any atom is -0.348 e. The molecule has 2 heterocycles. The first-order valence-corrected chi connectivity index (χ1v) is 11.6. The Bertz CT molecular complexity index is 899. The number of nitrogens with two attached hydrogens (primary N) is 1. The van der Waals surface area contributed by atoms with Crippen LogP contribution >= 0.6 is 15.9 Å². The summed E-state index contributed by atoms with van der Waals surface area (Å²) in [6.45, 7) is 1.93. The highest BCUT2D eigenvalue weighted by Crippen LogP contribution is 2.29. The lowest BCUT2D eigenvalue weighted by Crippen LogP contribution is -2.34. The van der Waals surface area contributed by atoms with Gasteiger partial charge in [-0.1, -0.05) is 34.1 Å². The van der Waals surface area contributed by atoms with E-state index in [1.165, 1.54) is 5.56 Å². The number of rotatable bonds is 12. The van der Waals surface area contributed by atoms with Gasteiger partial charge in [-0.25, -0.2) is 4.98 Å². The zero-order valence-corrected chi connectivity index (χ0v) is 19.3. The maximum absolute atomic E-state index is 12.7. The molecule has 0 bridgehead atoms. The Morgan fingerprint density at radius 2 is 1.97 bits per heavy atom. The molecule has 0 spiro atoms. The molecule has 1 amide bonds. The molecule has 1 aromatic carbocycles. The smallest absolute Gasteiger partial charge is 0.222 e. The van der Waals surface area contributed by atoms with Crippen LogP contribution < -0.4 is 5.73 Å². The van der Waals surface area contributed by atoms with E-state index in [9.17, 15) is 4.79 Å². The molecule has 164 valence electrons. The second-order valence-electron chi connectivity index (χ2n) is 7.60. The molecule has 7 heteroatoms. The molecule has 6 nitrogen and oxygen atoms in total. The molecule has 3 rings (SSSR count). The van der Waals surface area contributed by atoms with Crippen molar-refractivity contribution in [1.29, 1.82) is 0 Å². The first kappa shape index (κ1) is 23.2. The van der Waals surface area contributed by atoms with Gasteiger partial charge in [0.15, 0.2) is 0 Å². The summed E-state index contributed by atoms with van der Waals surface area (Å²) in [5.41, 5.74) is 8.95. The van der Waals surface area contributed by atoms with Gasteiger partial charge in [0.25, 0.3) is 0 Å². The Hall–Kier alpha value is -2.51. The lowest BCUT2D eigenvalue weighted by molar-refractivity contribution is -0.131. The third-order valence-electron chi connectivity index (χ3n) is 5.39. The summed E-state index contributed by atoms with van der Waals surface area (Å²) in [5, 5.41) is 0. The van der Waals surface area contributed by atoms with Gasteiger partial charge in [-0.05, 0) is 55.6 Å². The predicted molar refractivity (Wildman–Crippen MR) is 127 cm³/mol. The second kappa shape index (κ2) is 12.4. The molecule has 0 aliphatic rings. The van der Waals surface area contributed by atoms with Crippen LogP contribution in [0.25, 0.3) is 0 Å². The number of aromatic nitrogens is 3. The van der Waals surface area contributed by atoms with Crippen molar-refractivity contribution in [2.75, 3.05) is 19.6 Å². The van der Waals surface area contributed by atoms with Crippen molar-refractivity contribution < 1.29 is 4.79 Å². The summed E-state index contributed by atoms with van der Waals surface area (Å²) in [4.78, 5) is 26.5. The number of amides is 1. The van der Waals surface area contributed by atoms with Gasteiger partial charge in [-0.3, -0.25) is 9.78 Å². The molecule has 0 saturated carbocycles. The molecule has 3 N–H and O–H groups in total. The van der Waals surface area contributed by atoms with E-state index in [1.54, 1.807) is 6.33 Å². The van der Waals surface area contributed by atoms with Crippen molar-refractivity contribution in [3.05, 3.63) is 82.6 Å². The first-order chi connectivity index (χ1) is 15.2. The second-order valence-corrected chi connectivity index (χ2v) is 8.52. The van der Waals surface area contributed by atoms with Gasteiger partial charge in [-0.15, -0.1) is 0 Å². The highest BCUT2D eigenvalue weighted by atomic mass is 79.9. The van der Waals surface area contributed by atoms with Crippen LogP contribution in [0.5, 0.6) is 0 Å². The number of imidazole rings is 1. The maximum atomic E-state index is 12.7. The number of nitrogens with zero attached hydrogens (tertiary/aromatic N) is 3. The Morgan fingerprint density at radius 1 is 1.13 bits per heavy atom. The highest BCUT2D eigenvalue weighted by Gasteiger charge is 2.18. The van der Waals surface area contributed by atoms with Crippen LogP contribution in [0.2, 0.25) is 0 Å². The van der Waals surface area contributed by atoms with Gasteiger partial charge in [0, 0.05) is 60.1 Å². The molecule has 1 atom stereocenters. The Balaban J connectivity index is 1.65. The van der Waals surface area contributed by atoms with Gasteiger partial charge < -0.3 is 15.6 Å². The van der Waals surface area contributed by atoms with Gasteiger partial charge >= 0.3 is 0 Å². The van der Waals surface area contributed by atoms with Crippen molar-refractivity contribution in [2.24, 2.45) is 5.73 Å². The Kier molecular flexibility index (Phi) is 9.24. The lowest BCUT2D eigenvalue weighted by atomic mass is 9.90. The summed E-state index contributed by atoms with van der Waals surface area (Å²) in [5.74, 6) is 0.367. The van der Waals surface area contributed by atoms with Crippen molar-refractivity contribution >= 4 is 21.8 Å². The zero-order valence-electron chi connectivity index (χ0n) is 17.7. The van der Waals surface area contributed by atoms with Gasteiger partial charge in [0.2, 0.25) is 5.91 Å². The SMILES string of the molecule is NCCCC(=O)N(CCCC(c1ccc(Br)cc1)c1ccccn1)CCc1cnc[nH]1. The number of H-pyrrole nitrogens is 1. The molecule has 2 aromatic heterocycles. The fourth-order valence-corrected chi connectivity index (χ4v) is 3.96. The van der Waals surface area contributed by atoms with Crippen LogP contribution in [0.1, 0.15) is 48.6 Å². The van der Waals surface area contributed by atoms with Gasteiger partial charge in [0.05, 0.1) is 6.33 Å².